The molecule has 2 aromatic heterocycles. The van der Waals surface area contributed by atoms with Gasteiger partial charge in [0.1, 0.15) is 5.15 Å². The molecule has 0 aliphatic heterocycles. The van der Waals surface area contributed by atoms with E-state index in [1.54, 1.807) is 7.11 Å². The third-order valence-corrected chi connectivity index (χ3v) is 5.06. The van der Waals surface area contributed by atoms with Crippen molar-refractivity contribution in [2.24, 2.45) is 0 Å². The molecule has 0 atom stereocenters. The number of rotatable bonds is 1. The SMILES string of the molecule is COc1nc(C)c(C)c(C)c1C.Cc1nc(Cl)c(C)c(C)c1C. The lowest BCUT2D eigenvalue weighted by Gasteiger charge is -2.11. The summed E-state index contributed by atoms with van der Waals surface area (Å²) >= 11 is 5.88. The monoisotopic (exact) mass is 334 g/mol. The largest absolute Gasteiger partial charge is 0.481 e. The van der Waals surface area contributed by atoms with E-state index >= 15 is 0 Å². The summed E-state index contributed by atoms with van der Waals surface area (Å²) in [6, 6.07) is 0. The fraction of sp³-hybridized carbons (Fsp3) is 0.474. The maximum atomic E-state index is 5.88. The number of halogens is 1. The van der Waals surface area contributed by atoms with Crippen molar-refractivity contribution in [1.82, 2.24) is 9.97 Å². The van der Waals surface area contributed by atoms with Crippen LogP contribution in [0.1, 0.15) is 44.8 Å². The van der Waals surface area contributed by atoms with Crippen LogP contribution in [0, 0.1) is 55.4 Å². The van der Waals surface area contributed by atoms with E-state index in [2.05, 4.69) is 37.7 Å². The quantitative estimate of drug-likeness (QED) is 0.664. The molecule has 0 bridgehead atoms. The van der Waals surface area contributed by atoms with Crippen LogP contribution in [0.25, 0.3) is 0 Å². The third-order valence-electron chi connectivity index (χ3n) is 4.69. The summed E-state index contributed by atoms with van der Waals surface area (Å²) in [4.78, 5) is 8.53. The van der Waals surface area contributed by atoms with E-state index in [-0.39, 0.29) is 0 Å². The average molecular weight is 335 g/mol. The maximum Gasteiger partial charge on any atom is 0.216 e. The Kier molecular flexibility index (Phi) is 6.57. The van der Waals surface area contributed by atoms with E-state index in [1.165, 1.54) is 22.3 Å². The average Bonchev–Trinajstić information content (AvgIpc) is 2.53. The van der Waals surface area contributed by atoms with Crippen LogP contribution in [0.3, 0.4) is 0 Å². The van der Waals surface area contributed by atoms with E-state index < -0.39 is 0 Å². The Labute approximate surface area is 145 Å². The van der Waals surface area contributed by atoms with Crippen LogP contribution in [0.15, 0.2) is 0 Å². The molecule has 0 saturated heterocycles. The molecule has 126 valence electrons. The third kappa shape index (κ3) is 4.23. The molecule has 23 heavy (non-hydrogen) atoms. The van der Waals surface area contributed by atoms with Gasteiger partial charge in [-0.15, -0.1) is 0 Å². The second-order valence-electron chi connectivity index (χ2n) is 5.94. The zero-order valence-electron chi connectivity index (χ0n) is 15.7. The molecule has 0 N–H and O–H groups in total. The summed E-state index contributed by atoms with van der Waals surface area (Å²) in [7, 11) is 1.66. The van der Waals surface area contributed by atoms with Gasteiger partial charge in [-0.1, -0.05) is 11.6 Å². The number of hydrogen-bond donors (Lipinski definition) is 0. The summed E-state index contributed by atoms with van der Waals surface area (Å²) in [6.07, 6.45) is 0. The standard InChI is InChI=1S/C10H15NO.C9H12ClN/c1-6-7(2)9(4)11-10(12-5)8(6)3;1-5-6(2)8(4)11-9(10)7(5)3/h1-5H3;1-4H3. The Morgan fingerprint density at radius 1 is 0.609 bits per heavy atom. The zero-order chi connectivity index (χ0) is 17.9. The number of nitrogens with zero attached hydrogens (tertiary/aromatic N) is 2. The van der Waals surface area contributed by atoms with E-state index in [4.69, 9.17) is 16.3 Å². The van der Waals surface area contributed by atoms with Crippen molar-refractivity contribution in [3.05, 3.63) is 49.9 Å². The lowest BCUT2D eigenvalue weighted by Crippen LogP contribution is -1.99. The minimum absolute atomic E-state index is 0.630. The summed E-state index contributed by atoms with van der Waals surface area (Å²) in [6.45, 7) is 16.3. The minimum atomic E-state index is 0.630. The highest BCUT2D eigenvalue weighted by Crippen LogP contribution is 2.23. The first kappa shape index (κ1) is 19.4. The van der Waals surface area contributed by atoms with Crippen LogP contribution in [-0.2, 0) is 0 Å². The molecule has 0 aliphatic carbocycles. The summed E-state index contributed by atoms with van der Waals surface area (Å²) in [5.74, 6) is 0.746. The number of methoxy groups -OCH3 is 1. The predicted molar refractivity (Wildman–Crippen MR) is 97.9 cm³/mol. The van der Waals surface area contributed by atoms with E-state index in [0.717, 1.165) is 28.4 Å². The highest BCUT2D eigenvalue weighted by molar-refractivity contribution is 6.30. The van der Waals surface area contributed by atoms with Gasteiger partial charge in [0.2, 0.25) is 5.88 Å². The summed E-state index contributed by atoms with van der Waals surface area (Å²) in [5.41, 5.74) is 9.34. The Hall–Kier alpha value is -1.61. The molecule has 0 aliphatic rings. The number of aromatic nitrogens is 2. The second-order valence-corrected chi connectivity index (χ2v) is 6.30. The summed E-state index contributed by atoms with van der Waals surface area (Å²) < 4.78 is 5.15. The minimum Gasteiger partial charge on any atom is -0.481 e. The first-order valence-electron chi connectivity index (χ1n) is 7.70. The lowest BCUT2D eigenvalue weighted by atomic mass is 10.1. The van der Waals surface area contributed by atoms with Crippen LogP contribution < -0.4 is 4.74 Å². The molecule has 2 rings (SSSR count). The molecule has 4 heteroatoms. The number of ether oxygens (including phenoxy) is 1. The van der Waals surface area contributed by atoms with Gasteiger partial charge in [-0.3, -0.25) is 0 Å². The molecule has 0 aromatic carbocycles. The van der Waals surface area contributed by atoms with Gasteiger partial charge in [-0.25, -0.2) is 9.97 Å². The van der Waals surface area contributed by atoms with Crippen molar-refractivity contribution < 1.29 is 4.74 Å². The van der Waals surface area contributed by atoms with Gasteiger partial charge in [0.05, 0.1) is 7.11 Å². The van der Waals surface area contributed by atoms with Gasteiger partial charge >= 0.3 is 0 Å². The predicted octanol–water partition coefficient (Wildman–Crippen LogP) is 5.29. The Balaban J connectivity index is 0.000000231. The Morgan fingerprint density at radius 2 is 1.04 bits per heavy atom. The van der Waals surface area contributed by atoms with Crippen LogP contribution in [-0.4, -0.2) is 17.1 Å². The molecule has 3 nitrogen and oxygen atoms in total. The Morgan fingerprint density at radius 3 is 1.52 bits per heavy atom. The van der Waals surface area contributed by atoms with Gasteiger partial charge in [0.15, 0.2) is 0 Å². The van der Waals surface area contributed by atoms with E-state index in [1.807, 2.05) is 27.7 Å². The van der Waals surface area contributed by atoms with Crippen LogP contribution in [0.2, 0.25) is 5.15 Å². The molecular weight excluding hydrogens is 308 g/mol. The van der Waals surface area contributed by atoms with Gasteiger partial charge in [0, 0.05) is 17.0 Å². The first-order chi connectivity index (χ1) is 10.6. The van der Waals surface area contributed by atoms with Gasteiger partial charge in [0.25, 0.3) is 0 Å². The first-order valence-corrected chi connectivity index (χ1v) is 8.07. The Bertz CT molecular complexity index is 698. The van der Waals surface area contributed by atoms with Crippen molar-refractivity contribution in [2.75, 3.05) is 7.11 Å². The highest BCUT2D eigenvalue weighted by Gasteiger charge is 2.08. The van der Waals surface area contributed by atoms with Gasteiger partial charge in [-0.2, -0.15) is 0 Å². The van der Waals surface area contributed by atoms with Crippen molar-refractivity contribution in [2.45, 2.75) is 55.4 Å². The molecule has 0 saturated carbocycles. The van der Waals surface area contributed by atoms with E-state index in [9.17, 15) is 0 Å². The number of pyridine rings is 2. The van der Waals surface area contributed by atoms with Crippen LogP contribution in [0.5, 0.6) is 5.88 Å². The number of hydrogen-bond acceptors (Lipinski definition) is 3. The molecule has 0 amide bonds. The van der Waals surface area contributed by atoms with Gasteiger partial charge < -0.3 is 4.74 Å². The number of aryl methyl sites for hydroxylation is 2. The van der Waals surface area contributed by atoms with Crippen molar-refractivity contribution in [3.8, 4) is 5.88 Å². The smallest absolute Gasteiger partial charge is 0.216 e. The van der Waals surface area contributed by atoms with Crippen LogP contribution >= 0.6 is 11.6 Å². The topological polar surface area (TPSA) is 35.0 Å². The van der Waals surface area contributed by atoms with Crippen molar-refractivity contribution in [1.29, 1.82) is 0 Å². The molecule has 0 unspecified atom stereocenters. The zero-order valence-corrected chi connectivity index (χ0v) is 16.4. The van der Waals surface area contributed by atoms with Crippen molar-refractivity contribution in [3.63, 3.8) is 0 Å². The highest BCUT2D eigenvalue weighted by atomic mass is 35.5. The fourth-order valence-electron chi connectivity index (χ4n) is 2.25. The molecule has 2 aromatic rings. The molecule has 2 heterocycles. The normalized spacial score (nSPS) is 10.2. The molecular formula is C19H27ClN2O. The maximum absolute atomic E-state index is 5.88. The van der Waals surface area contributed by atoms with Crippen molar-refractivity contribution >= 4 is 11.6 Å². The van der Waals surface area contributed by atoms with Gasteiger partial charge in [-0.05, 0) is 83.2 Å². The van der Waals surface area contributed by atoms with E-state index in [0.29, 0.717) is 5.15 Å². The lowest BCUT2D eigenvalue weighted by molar-refractivity contribution is 0.393. The molecule has 0 fully saturated rings. The fourth-order valence-corrected chi connectivity index (χ4v) is 2.52. The summed E-state index contributed by atoms with van der Waals surface area (Å²) in [5, 5.41) is 0.630. The molecule has 0 radical (unpaired) electrons. The molecule has 0 spiro atoms. The van der Waals surface area contributed by atoms with Crippen LogP contribution in [0.4, 0.5) is 0 Å². The second kappa shape index (κ2) is 7.78.